The molecule has 9 heteroatoms. The molecule has 2 aromatic rings. The zero-order valence-corrected chi connectivity index (χ0v) is 13.6. The number of thioether (sulfide) groups is 1. The van der Waals surface area contributed by atoms with E-state index >= 15 is 0 Å². The number of rotatable bonds is 3. The Morgan fingerprint density at radius 3 is 2.67 bits per heavy atom. The summed E-state index contributed by atoms with van der Waals surface area (Å²) < 4.78 is 51.5. The summed E-state index contributed by atoms with van der Waals surface area (Å²) in [5, 5.41) is 0.0155. The molecule has 0 atom stereocenters. The number of fused-ring (bicyclic) bond motifs is 1. The Morgan fingerprint density at radius 1 is 1.29 bits per heavy atom. The van der Waals surface area contributed by atoms with Crippen LogP contribution in [-0.4, -0.2) is 22.6 Å². The molecule has 0 fully saturated rings. The number of aromatic nitrogens is 2. The molecule has 0 N–H and O–H groups in total. The van der Waals surface area contributed by atoms with E-state index in [9.17, 15) is 18.0 Å². The Labute approximate surface area is 139 Å². The van der Waals surface area contributed by atoms with Crippen LogP contribution in [0.5, 0.6) is 11.5 Å². The predicted octanol–water partition coefficient (Wildman–Crippen LogP) is 2.84. The zero-order chi connectivity index (χ0) is 17.5. The van der Waals surface area contributed by atoms with Crippen molar-refractivity contribution in [2.75, 3.05) is 13.0 Å². The van der Waals surface area contributed by atoms with E-state index in [1.54, 1.807) is 24.5 Å². The molecule has 0 unspecified atom stereocenters. The second kappa shape index (κ2) is 6.04. The average molecular weight is 358 g/mol. The van der Waals surface area contributed by atoms with Gasteiger partial charge in [-0.15, -0.1) is 0 Å². The summed E-state index contributed by atoms with van der Waals surface area (Å²) in [6, 6.07) is 4.79. The summed E-state index contributed by atoms with van der Waals surface area (Å²) >= 11 is 0.986. The lowest BCUT2D eigenvalue weighted by Crippen LogP contribution is -2.29. The molecule has 128 valence electrons. The van der Waals surface area contributed by atoms with Gasteiger partial charge in [0.25, 0.3) is 5.56 Å². The van der Waals surface area contributed by atoms with Crippen LogP contribution >= 0.6 is 11.8 Å². The number of ether oxygens (including phenoxy) is 2. The van der Waals surface area contributed by atoms with Crippen LogP contribution in [0.25, 0.3) is 0 Å². The molecule has 2 heterocycles. The smallest absolute Gasteiger partial charge is 0.433 e. The fraction of sp³-hybridized carbons (Fsp3) is 0.333. The monoisotopic (exact) mass is 358 g/mol. The first-order valence-corrected chi connectivity index (χ1v) is 8.13. The third kappa shape index (κ3) is 2.95. The highest BCUT2D eigenvalue weighted by Gasteiger charge is 2.37. The summed E-state index contributed by atoms with van der Waals surface area (Å²) in [7, 11) is 1.41. The molecule has 1 aliphatic heterocycles. The van der Waals surface area contributed by atoms with Crippen molar-refractivity contribution in [2.45, 2.75) is 17.8 Å². The van der Waals surface area contributed by atoms with Crippen molar-refractivity contribution in [2.24, 2.45) is 7.05 Å². The van der Waals surface area contributed by atoms with Gasteiger partial charge >= 0.3 is 6.18 Å². The summed E-state index contributed by atoms with van der Waals surface area (Å²) in [5.74, 6) is 0.977. The van der Waals surface area contributed by atoms with Gasteiger partial charge in [0.2, 0.25) is 6.79 Å². The Hall–Kier alpha value is -2.16. The molecule has 0 bridgehead atoms. The molecule has 5 nitrogen and oxygen atoms in total. The van der Waals surface area contributed by atoms with E-state index in [2.05, 4.69) is 4.98 Å². The quantitative estimate of drug-likeness (QED) is 0.624. The van der Waals surface area contributed by atoms with Gasteiger partial charge in [0.15, 0.2) is 22.3 Å². The molecule has 24 heavy (non-hydrogen) atoms. The minimum atomic E-state index is -4.70. The second-order valence-electron chi connectivity index (χ2n) is 5.15. The summed E-state index contributed by atoms with van der Waals surface area (Å²) in [5.41, 5.74) is -1.73. The van der Waals surface area contributed by atoms with E-state index in [1.807, 2.05) is 0 Å². The molecular formula is C15H13F3N2O3S. The molecular weight excluding hydrogens is 345 g/mol. The second-order valence-corrected chi connectivity index (χ2v) is 5.93. The van der Waals surface area contributed by atoms with Crippen molar-refractivity contribution in [3.63, 3.8) is 0 Å². The van der Waals surface area contributed by atoms with Crippen LogP contribution in [0, 0.1) is 0 Å². The molecule has 0 spiro atoms. The molecule has 0 saturated heterocycles. The summed E-state index contributed by atoms with van der Waals surface area (Å²) in [4.78, 5) is 16.0. The van der Waals surface area contributed by atoms with Gasteiger partial charge in [0.1, 0.15) is 0 Å². The van der Waals surface area contributed by atoms with E-state index < -0.39 is 17.4 Å². The van der Waals surface area contributed by atoms with Crippen molar-refractivity contribution < 1.29 is 22.6 Å². The Bertz CT molecular complexity index is 849. The van der Waals surface area contributed by atoms with Gasteiger partial charge in [-0.3, -0.25) is 9.36 Å². The highest BCUT2D eigenvalue weighted by molar-refractivity contribution is 7.98. The van der Waals surface area contributed by atoms with Crippen molar-refractivity contribution in [3.05, 3.63) is 45.4 Å². The fourth-order valence-electron chi connectivity index (χ4n) is 2.46. The highest BCUT2D eigenvalue weighted by atomic mass is 32.2. The van der Waals surface area contributed by atoms with E-state index in [1.165, 1.54) is 7.05 Å². The Kier molecular flexibility index (Phi) is 4.20. The number of alkyl halides is 3. The van der Waals surface area contributed by atoms with Gasteiger partial charge in [0, 0.05) is 13.5 Å². The van der Waals surface area contributed by atoms with Gasteiger partial charge < -0.3 is 9.47 Å². The van der Waals surface area contributed by atoms with Crippen molar-refractivity contribution >= 4 is 11.8 Å². The molecule has 0 radical (unpaired) electrons. The summed E-state index contributed by atoms with van der Waals surface area (Å²) in [6.07, 6.45) is -3.33. The van der Waals surface area contributed by atoms with Crippen LogP contribution < -0.4 is 15.0 Å². The minimum Gasteiger partial charge on any atom is -0.454 e. The lowest BCUT2D eigenvalue weighted by atomic mass is 10.0. The molecule has 1 aromatic carbocycles. The molecule has 3 rings (SSSR count). The molecule has 0 amide bonds. The maximum absolute atomic E-state index is 13.3. The van der Waals surface area contributed by atoms with E-state index in [4.69, 9.17) is 9.47 Å². The van der Waals surface area contributed by atoms with Crippen molar-refractivity contribution in [3.8, 4) is 11.5 Å². The normalized spacial score (nSPS) is 13.4. The predicted molar refractivity (Wildman–Crippen MR) is 81.6 cm³/mol. The van der Waals surface area contributed by atoms with Gasteiger partial charge in [-0.1, -0.05) is 17.8 Å². The summed E-state index contributed by atoms with van der Waals surface area (Å²) in [6.45, 7) is 0.0678. The van der Waals surface area contributed by atoms with Crippen LogP contribution in [-0.2, 0) is 19.6 Å². The number of hydrogen-bond donors (Lipinski definition) is 0. The third-order valence-electron chi connectivity index (χ3n) is 3.61. The SMILES string of the molecule is CSc1nc(C(F)(F)F)c(Cc2ccc3c(c2)OCO3)c(=O)n1C. The Morgan fingerprint density at radius 2 is 2.00 bits per heavy atom. The first kappa shape index (κ1) is 16.7. The number of halogens is 3. The van der Waals surface area contributed by atoms with Crippen LogP contribution in [0.1, 0.15) is 16.8 Å². The van der Waals surface area contributed by atoms with Gasteiger partial charge in [-0.25, -0.2) is 4.98 Å². The first-order valence-electron chi connectivity index (χ1n) is 6.91. The van der Waals surface area contributed by atoms with Crippen LogP contribution in [0.4, 0.5) is 13.2 Å². The average Bonchev–Trinajstić information content (AvgIpc) is 2.98. The van der Waals surface area contributed by atoms with Crippen LogP contribution in [0.2, 0.25) is 0 Å². The minimum absolute atomic E-state index is 0.0155. The zero-order valence-electron chi connectivity index (χ0n) is 12.8. The molecule has 0 aliphatic carbocycles. The maximum Gasteiger partial charge on any atom is 0.433 e. The standard InChI is InChI=1S/C15H13F3N2O3S/c1-20-13(21)9(12(15(16,17)18)19-14(20)24-2)5-8-3-4-10-11(6-8)23-7-22-10/h3-4,6H,5,7H2,1-2H3. The lowest BCUT2D eigenvalue weighted by molar-refractivity contribution is -0.142. The van der Waals surface area contributed by atoms with E-state index in [0.717, 1.165) is 16.3 Å². The number of nitrogens with zero attached hydrogens (tertiary/aromatic N) is 2. The van der Waals surface area contributed by atoms with E-state index in [-0.39, 0.29) is 23.9 Å². The lowest BCUT2D eigenvalue weighted by Gasteiger charge is -2.15. The van der Waals surface area contributed by atoms with Crippen LogP contribution in [0.15, 0.2) is 28.2 Å². The van der Waals surface area contributed by atoms with Gasteiger partial charge in [-0.05, 0) is 24.0 Å². The number of benzene rings is 1. The van der Waals surface area contributed by atoms with Crippen LogP contribution in [0.3, 0.4) is 0 Å². The fourth-order valence-corrected chi connectivity index (χ4v) is 3.00. The number of hydrogen-bond acceptors (Lipinski definition) is 5. The largest absolute Gasteiger partial charge is 0.454 e. The highest BCUT2D eigenvalue weighted by Crippen LogP contribution is 2.35. The van der Waals surface area contributed by atoms with Crippen molar-refractivity contribution in [1.82, 2.24) is 9.55 Å². The van der Waals surface area contributed by atoms with Gasteiger partial charge in [-0.2, -0.15) is 13.2 Å². The van der Waals surface area contributed by atoms with Crippen molar-refractivity contribution in [1.29, 1.82) is 0 Å². The molecule has 1 aliphatic rings. The third-order valence-corrected chi connectivity index (χ3v) is 4.34. The Balaban J connectivity index is 2.10. The van der Waals surface area contributed by atoms with Gasteiger partial charge in [0.05, 0.1) is 5.56 Å². The maximum atomic E-state index is 13.3. The molecule has 0 saturated carbocycles. The topological polar surface area (TPSA) is 53.4 Å². The molecule has 1 aromatic heterocycles. The van der Waals surface area contributed by atoms with E-state index in [0.29, 0.717) is 17.1 Å². The first-order chi connectivity index (χ1) is 11.3.